The van der Waals surface area contributed by atoms with Crippen LogP contribution in [0.4, 0.5) is 16.2 Å². The first kappa shape index (κ1) is 21.2. The van der Waals surface area contributed by atoms with Gasteiger partial charge in [-0.2, -0.15) is 10.1 Å². The molecule has 3 rings (SSSR count). The zero-order chi connectivity index (χ0) is 21.8. The lowest BCUT2D eigenvalue weighted by Gasteiger charge is -2.16. The average Bonchev–Trinajstić information content (AvgIpc) is 3.02. The van der Waals surface area contributed by atoms with Crippen LogP contribution in [0, 0.1) is 5.92 Å². The van der Waals surface area contributed by atoms with E-state index < -0.39 is 5.92 Å². The maximum Gasteiger partial charge on any atom is 0.321 e. The number of rotatable bonds is 6. The van der Waals surface area contributed by atoms with Crippen LogP contribution < -0.4 is 10.3 Å². The van der Waals surface area contributed by atoms with E-state index in [0.29, 0.717) is 17.1 Å². The van der Waals surface area contributed by atoms with E-state index in [2.05, 4.69) is 17.3 Å². The van der Waals surface area contributed by atoms with Crippen molar-refractivity contribution in [3.05, 3.63) is 59.7 Å². The summed E-state index contributed by atoms with van der Waals surface area (Å²) in [5.74, 6) is -1.38. The Morgan fingerprint density at radius 1 is 1.10 bits per heavy atom. The minimum absolute atomic E-state index is 0.160. The molecule has 1 aliphatic heterocycles. The van der Waals surface area contributed by atoms with Gasteiger partial charge in [-0.3, -0.25) is 9.59 Å². The largest absolute Gasteiger partial charge is 0.331 e. The van der Waals surface area contributed by atoms with E-state index >= 15 is 0 Å². The van der Waals surface area contributed by atoms with Crippen LogP contribution in [0.15, 0.2) is 53.6 Å². The molecular formula is C23H26N4O3. The summed E-state index contributed by atoms with van der Waals surface area (Å²) in [4.78, 5) is 39.0. The van der Waals surface area contributed by atoms with Crippen LogP contribution in [0.25, 0.3) is 0 Å². The predicted octanol–water partition coefficient (Wildman–Crippen LogP) is 3.49. The molecule has 1 heterocycles. The number of urea groups is 1. The van der Waals surface area contributed by atoms with Gasteiger partial charge in [0.25, 0.3) is 5.91 Å². The number of carbonyl (C=O) groups excluding carboxylic acids is 3. The summed E-state index contributed by atoms with van der Waals surface area (Å²) in [6.07, 6.45) is 1.09. The summed E-state index contributed by atoms with van der Waals surface area (Å²) in [5.41, 5.74) is 3.70. The third kappa shape index (κ3) is 4.56. The Hall–Kier alpha value is -3.48. The van der Waals surface area contributed by atoms with Crippen molar-refractivity contribution in [2.24, 2.45) is 11.0 Å². The molecule has 156 valence electrons. The molecule has 7 heteroatoms. The smallest absolute Gasteiger partial charge is 0.321 e. The van der Waals surface area contributed by atoms with Gasteiger partial charge < -0.3 is 10.2 Å². The zero-order valence-electron chi connectivity index (χ0n) is 17.7. The van der Waals surface area contributed by atoms with Gasteiger partial charge in [-0.25, -0.2) is 4.79 Å². The molecule has 30 heavy (non-hydrogen) atoms. The lowest BCUT2D eigenvalue weighted by Crippen LogP contribution is -2.33. The number of anilines is 2. The maximum absolute atomic E-state index is 12.9. The second-order valence-corrected chi connectivity index (χ2v) is 7.51. The van der Waals surface area contributed by atoms with Crippen molar-refractivity contribution < 1.29 is 14.4 Å². The highest BCUT2D eigenvalue weighted by Gasteiger charge is 2.39. The summed E-state index contributed by atoms with van der Waals surface area (Å²) in [6.45, 7) is 3.77. The van der Waals surface area contributed by atoms with Crippen LogP contribution in [0.1, 0.15) is 25.0 Å². The van der Waals surface area contributed by atoms with E-state index in [1.165, 1.54) is 9.91 Å². The number of hydrazone groups is 1. The Morgan fingerprint density at radius 2 is 1.77 bits per heavy atom. The van der Waals surface area contributed by atoms with Gasteiger partial charge in [-0.05, 0) is 48.7 Å². The number of nitrogens with zero attached hydrogens (tertiary/aromatic N) is 3. The molecule has 2 aromatic carbocycles. The molecule has 0 fully saturated rings. The molecule has 0 bridgehead atoms. The van der Waals surface area contributed by atoms with Gasteiger partial charge in [0.05, 0.1) is 11.4 Å². The predicted molar refractivity (Wildman–Crippen MR) is 118 cm³/mol. The Bertz CT molecular complexity index is 996. The molecule has 7 nitrogen and oxygen atoms in total. The van der Waals surface area contributed by atoms with Crippen molar-refractivity contribution in [2.75, 3.05) is 24.4 Å². The second-order valence-electron chi connectivity index (χ2n) is 7.51. The van der Waals surface area contributed by atoms with Crippen LogP contribution in [0.5, 0.6) is 0 Å². The van der Waals surface area contributed by atoms with Crippen LogP contribution >= 0.6 is 0 Å². The van der Waals surface area contributed by atoms with E-state index in [4.69, 9.17) is 0 Å². The lowest BCUT2D eigenvalue weighted by atomic mass is 9.93. The van der Waals surface area contributed by atoms with E-state index in [9.17, 15) is 14.4 Å². The molecule has 3 amide bonds. The molecule has 0 saturated heterocycles. The van der Waals surface area contributed by atoms with Gasteiger partial charge in [0.1, 0.15) is 5.92 Å². The summed E-state index contributed by atoms with van der Waals surface area (Å²) in [6, 6.07) is 14.4. The molecule has 1 unspecified atom stereocenters. The topological polar surface area (TPSA) is 82.1 Å². The van der Waals surface area contributed by atoms with Crippen molar-refractivity contribution in [1.29, 1.82) is 0 Å². The van der Waals surface area contributed by atoms with Gasteiger partial charge in [0.15, 0.2) is 5.78 Å². The van der Waals surface area contributed by atoms with Crippen LogP contribution in [-0.4, -0.2) is 42.4 Å². The highest BCUT2D eigenvalue weighted by molar-refractivity contribution is 6.27. The fourth-order valence-corrected chi connectivity index (χ4v) is 3.31. The van der Waals surface area contributed by atoms with Gasteiger partial charge in [-0.15, -0.1) is 0 Å². The number of hydrogen-bond donors (Lipinski definition) is 1. The number of amides is 3. The number of carbonyl (C=O) groups is 3. The first-order chi connectivity index (χ1) is 14.3. The molecule has 0 radical (unpaired) electrons. The van der Waals surface area contributed by atoms with Gasteiger partial charge >= 0.3 is 6.03 Å². The molecule has 1 atom stereocenters. The van der Waals surface area contributed by atoms with Crippen molar-refractivity contribution in [3.8, 4) is 0 Å². The van der Waals surface area contributed by atoms with E-state index in [1.807, 2.05) is 24.3 Å². The van der Waals surface area contributed by atoms with Crippen LogP contribution in [0.3, 0.4) is 0 Å². The number of hydrogen-bond acceptors (Lipinski definition) is 4. The van der Waals surface area contributed by atoms with Gasteiger partial charge in [-0.1, -0.05) is 31.2 Å². The Balaban J connectivity index is 1.71. The van der Waals surface area contributed by atoms with Crippen molar-refractivity contribution >= 4 is 34.8 Å². The minimum atomic E-state index is -0.872. The third-order valence-electron chi connectivity index (χ3n) is 5.00. The van der Waals surface area contributed by atoms with E-state index in [-0.39, 0.29) is 24.1 Å². The number of Topliss-reactive ketones (excluding diaryl/α,β-unsaturated/α-hetero) is 1. The first-order valence-corrected chi connectivity index (χ1v) is 9.88. The summed E-state index contributed by atoms with van der Waals surface area (Å²) in [5, 5.41) is 8.32. The molecule has 0 aliphatic carbocycles. The summed E-state index contributed by atoms with van der Waals surface area (Å²) >= 11 is 0. The lowest BCUT2D eigenvalue weighted by molar-refractivity contribution is -0.128. The first-order valence-electron chi connectivity index (χ1n) is 9.88. The number of benzene rings is 2. The minimum Gasteiger partial charge on any atom is -0.331 e. The normalized spacial score (nSPS) is 15.7. The highest BCUT2D eigenvalue weighted by Crippen LogP contribution is 2.26. The molecule has 1 aliphatic rings. The summed E-state index contributed by atoms with van der Waals surface area (Å²) < 4.78 is 0. The number of ketones is 1. The fraction of sp³-hybridized carbons (Fsp3) is 0.304. The molecule has 0 saturated carbocycles. The fourth-order valence-electron chi connectivity index (χ4n) is 3.31. The standard InChI is InChI=1S/C23H26N4O3/c1-5-16-7-6-8-17(13-16)14-20(28)21-15(2)25-27(22(21)29)19-11-9-18(10-12-19)24-23(30)26(3)4/h6-13,21H,5,14H2,1-4H3,(H,24,30). The quantitative estimate of drug-likeness (QED) is 0.746. The molecule has 2 aromatic rings. The molecule has 0 spiro atoms. The van der Waals surface area contributed by atoms with Gasteiger partial charge in [0, 0.05) is 26.2 Å². The van der Waals surface area contributed by atoms with Gasteiger partial charge in [0.2, 0.25) is 0 Å². The molecule has 1 N–H and O–H groups in total. The molecular weight excluding hydrogens is 380 g/mol. The highest BCUT2D eigenvalue weighted by atomic mass is 16.2. The monoisotopic (exact) mass is 406 g/mol. The van der Waals surface area contributed by atoms with Crippen LogP contribution in [0.2, 0.25) is 0 Å². The Labute approximate surface area is 176 Å². The van der Waals surface area contributed by atoms with Crippen LogP contribution in [-0.2, 0) is 22.4 Å². The SMILES string of the molecule is CCc1cccc(CC(=O)C2C(=O)N(c3ccc(NC(=O)N(C)C)cc3)N=C2C)c1. The van der Waals surface area contributed by atoms with Crippen molar-refractivity contribution in [2.45, 2.75) is 26.7 Å². The maximum atomic E-state index is 12.9. The van der Waals surface area contributed by atoms with Crippen molar-refractivity contribution in [3.63, 3.8) is 0 Å². The number of aryl methyl sites for hydroxylation is 1. The average molecular weight is 406 g/mol. The van der Waals surface area contributed by atoms with Crippen molar-refractivity contribution in [1.82, 2.24) is 4.90 Å². The van der Waals surface area contributed by atoms with E-state index in [1.54, 1.807) is 45.3 Å². The molecule has 0 aromatic heterocycles. The number of nitrogens with one attached hydrogen (secondary N) is 1. The summed E-state index contributed by atoms with van der Waals surface area (Å²) in [7, 11) is 3.31. The zero-order valence-corrected chi connectivity index (χ0v) is 17.7. The Kier molecular flexibility index (Phi) is 6.30. The second kappa shape index (κ2) is 8.90. The van der Waals surface area contributed by atoms with E-state index in [0.717, 1.165) is 17.5 Å². The Morgan fingerprint density at radius 3 is 2.40 bits per heavy atom. The third-order valence-corrected chi connectivity index (χ3v) is 5.00.